The van der Waals surface area contributed by atoms with Crippen LogP contribution in [-0.4, -0.2) is 88.1 Å². The third kappa shape index (κ3) is 4.85. The van der Waals surface area contributed by atoms with Crippen LogP contribution in [0.3, 0.4) is 0 Å². The van der Waals surface area contributed by atoms with E-state index in [0.29, 0.717) is 65.9 Å². The Hall–Kier alpha value is -3.90. The summed E-state index contributed by atoms with van der Waals surface area (Å²) in [4.78, 5) is 18.6. The molecule has 0 radical (unpaired) electrons. The van der Waals surface area contributed by atoms with Crippen LogP contribution in [0, 0.1) is 17.6 Å². The Morgan fingerprint density at radius 2 is 2.00 bits per heavy atom. The molecule has 2 aromatic carbocycles. The van der Waals surface area contributed by atoms with Gasteiger partial charge in [-0.25, -0.2) is 18.2 Å². The number of anilines is 1. The lowest BCUT2D eigenvalue weighted by Gasteiger charge is -2.41. The number of aromatic nitrogens is 3. The second kappa shape index (κ2) is 11.3. The molecule has 4 aromatic rings. The van der Waals surface area contributed by atoms with Gasteiger partial charge in [0.25, 0.3) is 0 Å². The minimum absolute atomic E-state index is 0.0106. The van der Waals surface area contributed by atoms with Crippen molar-refractivity contribution in [2.24, 2.45) is 5.92 Å². The van der Waals surface area contributed by atoms with Crippen molar-refractivity contribution in [3.8, 4) is 28.9 Å². The molecule has 2 aromatic heterocycles. The number of phenols is 1. The highest BCUT2D eigenvalue weighted by Crippen LogP contribution is 2.46. The quantitative estimate of drug-likeness (QED) is 0.260. The van der Waals surface area contributed by atoms with E-state index in [1.54, 1.807) is 12.1 Å². The monoisotopic (exact) mass is 660 g/mol. The van der Waals surface area contributed by atoms with Crippen LogP contribution in [0.15, 0.2) is 24.3 Å². The number of pyridine rings is 1. The van der Waals surface area contributed by atoms with Gasteiger partial charge in [-0.2, -0.15) is 9.97 Å². The van der Waals surface area contributed by atoms with E-state index in [9.17, 15) is 9.50 Å². The van der Waals surface area contributed by atoms with Crippen molar-refractivity contribution >= 4 is 27.5 Å². The van der Waals surface area contributed by atoms with Gasteiger partial charge in [0.15, 0.2) is 5.82 Å². The van der Waals surface area contributed by atoms with E-state index in [4.69, 9.17) is 19.4 Å². The molecular weight excluding hydrogens is 621 g/mol. The molecule has 0 unspecified atom stereocenters. The summed E-state index contributed by atoms with van der Waals surface area (Å²) in [5.41, 5.74) is 0.225. The van der Waals surface area contributed by atoms with Gasteiger partial charge in [-0.3, -0.25) is 4.90 Å². The highest BCUT2D eigenvalue weighted by molar-refractivity contribution is 6.03. The van der Waals surface area contributed by atoms with Crippen molar-refractivity contribution in [2.45, 2.75) is 75.7 Å². The van der Waals surface area contributed by atoms with Gasteiger partial charge in [-0.05, 0) is 85.5 Å². The lowest BCUT2D eigenvalue weighted by atomic mass is 9.93. The Kier molecular flexibility index (Phi) is 7.13. The summed E-state index contributed by atoms with van der Waals surface area (Å²) in [5, 5.41) is 15.8. The van der Waals surface area contributed by atoms with E-state index in [-0.39, 0.29) is 65.5 Å². The second-order valence-electron chi connectivity index (χ2n) is 14.3. The van der Waals surface area contributed by atoms with Crippen molar-refractivity contribution in [2.75, 3.05) is 44.3 Å². The molecule has 0 amide bonds. The zero-order valence-electron chi connectivity index (χ0n) is 26.9. The highest BCUT2D eigenvalue weighted by atomic mass is 19.1. The summed E-state index contributed by atoms with van der Waals surface area (Å²) in [6.07, 6.45) is 4.65. The Morgan fingerprint density at radius 1 is 1.12 bits per heavy atom. The summed E-state index contributed by atoms with van der Waals surface area (Å²) in [5.74, 6) is -0.147. The third-order valence-electron chi connectivity index (χ3n) is 11.3. The lowest BCUT2D eigenvalue weighted by Crippen LogP contribution is -2.60. The van der Waals surface area contributed by atoms with Crippen LogP contribution >= 0.6 is 0 Å². The molecule has 9 rings (SSSR count). The molecule has 4 atom stereocenters. The molecule has 0 bridgehead atoms. The van der Waals surface area contributed by atoms with E-state index >= 15 is 8.78 Å². The van der Waals surface area contributed by atoms with Gasteiger partial charge in [0.05, 0.1) is 11.6 Å². The molecular formula is C36H39F3N6O3. The molecule has 4 aliphatic heterocycles. The van der Waals surface area contributed by atoms with Crippen LogP contribution in [0.4, 0.5) is 19.0 Å². The Balaban J connectivity index is 1.23. The number of phenolic OH excluding ortho intramolecular Hbond substituents is 1. The number of halogens is 3. The average molecular weight is 661 g/mol. The fourth-order valence-corrected chi connectivity index (χ4v) is 8.74. The van der Waals surface area contributed by atoms with Crippen molar-refractivity contribution < 1.29 is 27.8 Å². The van der Waals surface area contributed by atoms with E-state index in [1.807, 2.05) is 0 Å². The number of fused-ring (bicyclic) bond motifs is 4. The zero-order chi connectivity index (χ0) is 32.7. The molecule has 4 fully saturated rings. The first kappa shape index (κ1) is 30.2. The predicted molar refractivity (Wildman–Crippen MR) is 176 cm³/mol. The molecule has 2 N–H and O–H groups in total. The predicted octanol–water partition coefficient (Wildman–Crippen LogP) is 5.69. The Bertz CT molecular complexity index is 1940. The minimum Gasteiger partial charge on any atom is -0.508 e. The van der Waals surface area contributed by atoms with Crippen LogP contribution in [-0.2, 0) is 6.42 Å². The minimum atomic E-state index is -0.916. The van der Waals surface area contributed by atoms with Gasteiger partial charge < -0.3 is 24.8 Å². The zero-order valence-corrected chi connectivity index (χ0v) is 26.9. The van der Waals surface area contributed by atoms with Crippen molar-refractivity contribution in [3.63, 3.8) is 0 Å². The van der Waals surface area contributed by atoms with Crippen LogP contribution in [0.2, 0.25) is 0 Å². The fourth-order valence-electron chi connectivity index (χ4n) is 8.74. The first-order valence-electron chi connectivity index (χ1n) is 17.3. The van der Waals surface area contributed by atoms with Gasteiger partial charge in [-0.1, -0.05) is 13.0 Å². The third-order valence-corrected chi connectivity index (χ3v) is 11.3. The summed E-state index contributed by atoms with van der Waals surface area (Å²) in [7, 11) is 0. The topological polar surface area (TPSA) is 95.9 Å². The number of benzene rings is 2. The van der Waals surface area contributed by atoms with Gasteiger partial charge >= 0.3 is 6.01 Å². The molecule has 48 heavy (non-hydrogen) atoms. The Morgan fingerprint density at radius 3 is 2.83 bits per heavy atom. The maximum Gasteiger partial charge on any atom is 0.319 e. The van der Waals surface area contributed by atoms with E-state index < -0.39 is 17.5 Å². The first-order chi connectivity index (χ1) is 23.3. The van der Waals surface area contributed by atoms with E-state index in [0.717, 1.165) is 38.6 Å². The number of piperazine rings is 1. The Labute approximate surface area is 276 Å². The van der Waals surface area contributed by atoms with Crippen molar-refractivity contribution in [1.29, 1.82) is 0 Å². The van der Waals surface area contributed by atoms with Crippen molar-refractivity contribution in [1.82, 2.24) is 25.2 Å². The molecule has 3 saturated heterocycles. The number of nitrogens with zero attached hydrogens (tertiary/aromatic N) is 5. The van der Waals surface area contributed by atoms with Gasteiger partial charge in [-0.15, -0.1) is 0 Å². The lowest BCUT2D eigenvalue weighted by molar-refractivity contribution is 0.107. The van der Waals surface area contributed by atoms with Gasteiger partial charge in [0, 0.05) is 37.7 Å². The number of ether oxygens (including phenoxy) is 2. The highest BCUT2D eigenvalue weighted by Gasteiger charge is 2.49. The largest absolute Gasteiger partial charge is 0.508 e. The van der Waals surface area contributed by atoms with Gasteiger partial charge in [0.2, 0.25) is 5.88 Å². The number of hydrogen-bond donors (Lipinski definition) is 2. The molecule has 0 spiro atoms. The fraction of sp³-hybridized carbons (Fsp3) is 0.528. The molecule has 6 heterocycles. The molecule has 1 saturated carbocycles. The standard InChI is InChI=1S/C36H39F3N6O3/c1-2-26-27-17-47-34-29-32(30(39)31(41-34)24-14-22(46)13-20-6-7-25(38)23(28(20)24)12-19-4-5-19)42-35(43-33(29)45(27)11-9-40-26)48-18-36-8-3-10-44(36)16-21(37)15-36/h6-7,13-14,19,21,26-27,40,46H,2-5,8-12,15-18H2,1H3/t21-,26+,27-,36+/m1/s1. The number of alkyl halides is 1. The normalized spacial score (nSPS) is 26.8. The van der Waals surface area contributed by atoms with Gasteiger partial charge in [0.1, 0.15) is 53.4 Å². The summed E-state index contributed by atoms with van der Waals surface area (Å²) >= 11 is 0. The second-order valence-corrected chi connectivity index (χ2v) is 14.3. The van der Waals surface area contributed by atoms with Crippen molar-refractivity contribution in [3.05, 3.63) is 41.5 Å². The summed E-state index contributed by atoms with van der Waals surface area (Å²) < 4.78 is 59.9. The number of hydrogen-bond acceptors (Lipinski definition) is 9. The van der Waals surface area contributed by atoms with Crippen LogP contribution in [0.1, 0.15) is 51.0 Å². The van der Waals surface area contributed by atoms with E-state index in [2.05, 4.69) is 27.0 Å². The molecule has 9 nitrogen and oxygen atoms in total. The van der Waals surface area contributed by atoms with Crippen LogP contribution in [0.5, 0.6) is 17.6 Å². The molecule has 252 valence electrons. The molecule has 5 aliphatic rings. The van der Waals surface area contributed by atoms with Crippen LogP contribution < -0.4 is 19.7 Å². The van der Waals surface area contributed by atoms with E-state index in [1.165, 1.54) is 12.1 Å². The maximum atomic E-state index is 17.2. The molecule has 12 heteroatoms. The number of nitrogens with one attached hydrogen (secondary N) is 1. The number of aromatic hydroxyl groups is 1. The SMILES string of the molecule is CC[C@@H]1NCCN2c3nc(OC[C@@]45CCCN4C[C@H](F)C5)nc4c(F)c(-c5cc(O)cc6ccc(F)c(CC7CC7)c56)nc(c34)OC[C@H]12. The number of rotatable bonds is 7. The average Bonchev–Trinajstić information content (AvgIpc) is 3.77. The first-order valence-corrected chi connectivity index (χ1v) is 17.3. The maximum absolute atomic E-state index is 17.2. The summed E-state index contributed by atoms with van der Waals surface area (Å²) in [6, 6.07) is 6.02. The molecule has 1 aliphatic carbocycles. The van der Waals surface area contributed by atoms with Crippen LogP contribution in [0.25, 0.3) is 32.9 Å². The summed E-state index contributed by atoms with van der Waals surface area (Å²) in [6.45, 7) is 5.12. The smallest absolute Gasteiger partial charge is 0.319 e.